The second-order valence-corrected chi connectivity index (χ2v) is 7.22. The molecule has 0 aliphatic rings. The maximum atomic E-state index is 11.0. The molecule has 0 aliphatic carbocycles. The van der Waals surface area contributed by atoms with Crippen LogP contribution in [0.4, 0.5) is 11.4 Å². The highest BCUT2D eigenvalue weighted by Gasteiger charge is 2.19. The number of nitrogens with one attached hydrogen (secondary N) is 1. The lowest BCUT2D eigenvalue weighted by molar-refractivity contribution is -0.384. The van der Waals surface area contributed by atoms with E-state index in [1.54, 1.807) is 12.1 Å². The molecule has 150 valence electrons. The number of rotatable bonds is 6. The molecule has 3 aromatic rings. The number of nitro groups is 1. The molecule has 1 aromatic heterocycles. The Labute approximate surface area is 173 Å². The molecule has 2 aromatic carbocycles. The fourth-order valence-corrected chi connectivity index (χ4v) is 3.13. The van der Waals surface area contributed by atoms with Crippen LogP contribution in [-0.2, 0) is 6.54 Å². The molecule has 0 radical (unpaired) electrons. The molecule has 8 nitrogen and oxygen atoms in total. The van der Waals surface area contributed by atoms with Crippen LogP contribution in [0.1, 0.15) is 25.3 Å². The van der Waals surface area contributed by atoms with Crippen LogP contribution >= 0.6 is 12.2 Å². The van der Waals surface area contributed by atoms with E-state index in [4.69, 9.17) is 16.6 Å². The summed E-state index contributed by atoms with van der Waals surface area (Å²) in [5.41, 5.74) is 2.50. The Morgan fingerprint density at radius 1 is 1.24 bits per heavy atom. The van der Waals surface area contributed by atoms with E-state index in [2.05, 4.69) is 15.5 Å². The summed E-state index contributed by atoms with van der Waals surface area (Å²) in [5, 5.41) is 22.8. The third kappa shape index (κ3) is 5.14. The molecular weight excluding hydrogens is 390 g/mol. The topological polar surface area (TPSA) is 97.3 Å². The first-order valence-electron chi connectivity index (χ1n) is 9.05. The van der Waals surface area contributed by atoms with Crippen LogP contribution in [0.3, 0.4) is 0 Å². The summed E-state index contributed by atoms with van der Waals surface area (Å²) < 4.78 is 5.73. The van der Waals surface area contributed by atoms with Gasteiger partial charge in [0.25, 0.3) is 5.69 Å². The quantitative estimate of drug-likeness (QED) is 0.358. The highest BCUT2D eigenvalue weighted by molar-refractivity contribution is 7.80. The first-order valence-corrected chi connectivity index (χ1v) is 9.46. The van der Waals surface area contributed by atoms with E-state index in [1.165, 1.54) is 12.1 Å². The van der Waals surface area contributed by atoms with E-state index < -0.39 is 4.92 Å². The van der Waals surface area contributed by atoms with Crippen molar-refractivity contribution in [3.05, 3.63) is 70.1 Å². The maximum absolute atomic E-state index is 11.0. The van der Waals surface area contributed by atoms with Crippen molar-refractivity contribution in [1.29, 1.82) is 0 Å². The first-order chi connectivity index (χ1) is 13.8. The van der Waals surface area contributed by atoms with Crippen molar-refractivity contribution >= 4 is 28.7 Å². The highest BCUT2D eigenvalue weighted by Crippen LogP contribution is 2.23. The van der Waals surface area contributed by atoms with E-state index in [9.17, 15) is 10.1 Å². The molecule has 9 heteroatoms. The highest BCUT2D eigenvalue weighted by atomic mass is 32.1. The number of thiocarbonyl (C=S) groups is 1. The first kappa shape index (κ1) is 20.4. The number of nitro benzene ring substituents is 1. The van der Waals surface area contributed by atoms with Gasteiger partial charge in [-0.2, -0.15) is 0 Å². The van der Waals surface area contributed by atoms with Gasteiger partial charge in [-0.15, -0.1) is 10.2 Å². The van der Waals surface area contributed by atoms with Crippen LogP contribution < -0.4 is 5.32 Å². The number of aryl methyl sites for hydroxylation is 1. The Hall–Kier alpha value is -3.33. The zero-order valence-corrected chi connectivity index (χ0v) is 17.1. The van der Waals surface area contributed by atoms with Gasteiger partial charge in [-0.05, 0) is 56.8 Å². The molecule has 0 bridgehead atoms. The van der Waals surface area contributed by atoms with Gasteiger partial charge in [0.1, 0.15) is 0 Å². The SMILES string of the molecule is Cc1cccc(NC(=S)N(Cc2nnc(-c3cccc([N+](=O)[O-])c3)o2)C(C)C)c1. The second kappa shape index (κ2) is 8.78. The maximum Gasteiger partial charge on any atom is 0.270 e. The van der Waals surface area contributed by atoms with Crippen LogP contribution in [0.25, 0.3) is 11.5 Å². The summed E-state index contributed by atoms with van der Waals surface area (Å²) in [5.74, 6) is 0.596. The van der Waals surface area contributed by atoms with Gasteiger partial charge in [0.2, 0.25) is 11.8 Å². The number of aromatic nitrogens is 2. The number of hydrogen-bond acceptors (Lipinski definition) is 6. The molecule has 1 heterocycles. The summed E-state index contributed by atoms with van der Waals surface area (Å²) in [6, 6.07) is 14.1. The third-order valence-electron chi connectivity index (χ3n) is 4.23. The minimum Gasteiger partial charge on any atom is -0.419 e. The lowest BCUT2D eigenvalue weighted by atomic mass is 10.2. The summed E-state index contributed by atoms with van der Waals surface area (Å²) in [7, 11) is 0. The van der Waals surface area contributed by atoms with Crippen molar-refractivity contribution in [3.63, 3.8) is 0 Å². The monoisotopic (exact) mass is 411 g/mol. The van der Waals surface area contributed by atoms with Crippen LogP contribution in [-0.4, -0.2) is 31.2 Å². The molecule has 0 amide bonds. The van der Waals surface area contributed by atoms with Crippen molar-refractivity contribution in [2.45, 2.75) is 33.4 Å². The second-order valence-electron chi connectivity index (χ2n) is 6.83. The molecule has 0 spiro atoms. The Morgan fingerprint density at radius 2 is 2.00 bits per heavy atom. The molecular formula is C20H21N5O3S. The zero-order chi connectivity index (χ0) is 21.0. The number of nitrogens with zero attached hydrogens (tertiary/aromatic N) is 4. The van der Waals surface area contributed by atoms with Gasteiger partial charge in [-0.25, -0.2) is 0 Å². The molecule has 0 saturated heterocycles. The summed E-state index contributed by atoms with van der Waals surface area (Å²) >= 11 is 5.57. The molecule has 29 heavy (non-hydrogen) atoms. The Morgan fingerprint density at radius 3 is 2.69 bits per heavy atom. The molecule has 0 saturated carbocycles. The zero-order valence-electron chi connectivity index (χ0n) is 16.3. The normalized spacial score (nSPS) is 10.8. The fourth-order valence-electron chi connectivity index (χ4n) is 2.74. The van der Waals surface area contributed by atoms with E-state index in [1.807, 2.05) is 49.9 Å². The van der Waals surface area contributed by atoms with Crippen molar-refractivity contribution < 1.29 is 9.34 Å². The summed E-state index contributed by atoms with van der Waals surface area (Å²) in [4.78, 5) is 12.4. The molecule has 0 fully saturated rings. The van der Waals surface area contributed by atoms with Crippen LogP contribution in [0.2, 0.25) is 0 Å². The standard InChI is InChI=1S/C20H21N5O3S/c1-13(2)24(20(29)21-16-8-4-6-14(3)10-16)12-18-22-23-19(28-18)15-7-5-9-17(11-15)25(26)27/h4-11,13H,12H2,1-3H3,(H,21,29). The van der Waals surface area contributed by atoms with Gasteiger partial charge in [-0.1, -0.05) is 18.2 Å². The van der Waals surface area contributed by atoms with E-state index in [-0.39, 0.29) is 17.6 Å². The van der Waals surface area contributed by atoms with Gasteiger partial charge in [-0.3, -0.25) is 10.1 Å². The Kier molecular flexibility index (Phi) is 6.18. The van der Waals surface area contributed by atoms with Gasteiger partial charge in [0.15, 0.2) is 5.11 Å². The van der Waals surface area contributed by atoms with E-state index >= 15 is 0 Å². The van der Waals surface area contributed by atoms with Crippen LogP contribution in [0.15, 0.2) is 52.9 Å². The number of anilines is 1. The molecule has 0 atom stereocenters. The Balaban J connectivity index is 1.75. The fraction of sp³-hybridized carbons (Fsp3) is 0.250. The minimum atomic E-state index is -0.462. The van der Waals surface area contributed by atoms with Gasteiger partial charge in [0, 0.05) is 29.4 Å². The van der Waals surface area contributed by atoms with Gasteiger partial charge >= 0.3 is 0 Å². The van der Waals surface area contributed by atoms with Crippen LogP contribution in [0.5, 0.6) is 0 Å². The van der Waals surface area contributed by atoms with Crippen LogP contribution in [0, 0.1) is 17.0 Å². The average molecular weight is 411 g/mol. The van der Waals surface area contributed by atoms with Gasteiger partial charge < -0.3 is 14.6 Å². The smallest absolute Gasteiger partial charge is 0.270 e. The predicted molar refractivity (Wildman–Crippen MR) is 114 cm³/mol. The number of benzene rings is 2. The van der Waals surface area contributed by atoms with E-state index in [0.717, 1.165) is 11.3 Å². The minimum absolute atomic E-state index is 0.0328. The average Bonchev–Trinajstić information content (AvgIpc) is 3.14. The van der Waals surface area contributed by atoms with Crippen molar-refractivity contribution in [2.75, 3.05) is 5.32 Å². The summed E-state index contributed by atoms with van der Waals surface area (Å²) in [6.45, 7) is 6.36. The largest absolute Gasteiger partial charge is 0.419 e. The van der Waals surface area contributed by atoms with Crippen molar-refractivity contribution in [2.24, 2.45) is 0 Å². The van der Waals surface area contributed by atoms with Crippen molar-refractivity contribution in [1.82, 2.24) is 15.1 Å². The summed E-state index contributed by atoms with van der Waals surface area (Å²) in [6.07, 6.45) is 0. The molecule has 3 rings (SSSR count). The third-order valence-corrected chi connectivity index (χ3v) is 4.57. The molecule has 0 aliphatic heterocycles. The molecule has 1 N–H and O–H groups in total. The number of hydrogen-bond donors (Lipinski definition) is 1. The lowest BCUT2D eigenvalue weighted by Crippen LogP contribution is -2.39. The Bertz CT molecular complexity index is 1030. The predicted octanol–water partition coefficient (Wildman–Crippen LogP) is 4.56. The van der Waals surface area contributed by atoms with Gasteiger partial charge in [0.05, 0.1) is 11.5 Å². The lowest BCUT2D eigenvalue weighted by Gasteiger charge is -2.28. The van der Waals surface area contributed by atoms with E-state index in [0.29, 0.717) is 23.1 Å². The molecule has 0 unspecified atom stereocenters. The number of non-ortho nitro benzene ring substituents is 1. The van der Waals surface area contributed by atoms with Crippen molar-refractivity contribution in [3.8, 4) is 11.5 Å².